The lowest BCUT2D eigenvalue weighted by atomic mass is 10.0. The van der Waals surface area contributed by atoms with E-state index in [0.29, 0.717) is 12.2 Å². The van der Waals surface area contributed by atoms with E-state index in [1.807, 2.05) is 99.9 Å². The Labute approximate surface area is 220 Å². The average molecular weight is 500 g/mol. The highest BCUT2D eigenvalue weighted by Gasteiger charge is 2.21. The van der Waals surface area contributed by atoms with E-state index in [9.17, 15) is 4.79 Å². The van der Waals surface area contributed by atoms with Crippen molar-refractivity contribution >= 4 is 24.3 Å². The fourth-order valence-electron chi connectivity index (χ4n) is 4.17. The quantitative estimate of drug-likeness (QED) is 0.148. The van der Waals surface area contributed by atoms with Gasteiger partial charge in [0.25, 0.3) is 0 Å². The van der Waals surface area contributed by atoms with Crippen LogP contribution < -0.4 is 9.75 Å². The van der Waals surface area contributed by atoms with Crippen LogP contribution in [0.2, 0.25) is 0 Å². The summed E-state index contributed by atoms with van der Waals surface area (Å²) >= 11 is 0. The predicted octanol–water partition coefficient (Wildman–Crippen LogP) is 7.05. The van der Waals surface area contributed by atoms with Crippen molar-refractivity contribution in [1.82, 2.24) is 14.6 Å². The molecule has 2 aromatic carbocycles. The van der Waals surface area contributed by atoms with Gasteiger partial charge in [-0.05, 0) is 44.5 Å². The number of aromatic nitrogens is 3. The lowest BCUT2D eigenvalue weighted by Crippen LogP contribution is -2.06. The molecule has 0 N–H and O–H groups in total. The summed E-state index contributed by atoms with van der Waals surface area (Å²) in [7, 11) is 1.64. The average Bonchev–Trinajstić information content (AvgIpc) is 3.23. The maximum atomic E-state index is 11.3. The van der Waals surface area contributed by atoms with E-state index in [1.165, 1.54) is 0 Å². The van der Waals surface area contributed by atoms with Gasteiger partial charge in [-0.15, -0.1) is 0 Å². The molecule has 0 spiro atoms. The summed E-state index contributed by atoms with van der Waals surface area (Å²) in [5.74, 6) is 0.680. The summed E-state index contributed by atoms with van der Waals surface area (Å²) in [5, 5.41) is 10.6. The topological polar surface area (TPSA) is 72.1 Å². The number of rotatable bonds is 8. The number of hydrogen-bond acceptors (Lipinski definition) is 6. The molecule has 0 aliphatic heterocycles. The maximum absolute atomic E-state index is 11.3. The van der Waals surface area contributed by atoms with Crippen molar-refractivity contribution in [2.75, 3.05) is 12.1 Å². The predicted molar refractivity (Wildman–Crippen MR) is 155 cm³/mol. The molecule has 0 amide bonds. The number of methoxy groups -OCH3 is 1. The number of ether oxygens (including phenoxy) is 1. The van der Waals surface area contributed by atoms with Gasteiger partial charge in [-0.1, -0.05) is 51.6 Å². The minimum atomic E-state index is 0. The molecule has 7 heteroatoms. The van der Waals surface area contributed by atoms with Gasteiger partial charge in [-0.2, -0.15) is 10.2 Å². The van der Waals surface area contributed by atoms with Gasteiger partial charge in [0, 0.05) is 42.2 Å². The van der Waals surface area contributed by atoms with Crippen molar-refractivity contribution < 1.29 is 9.53 Å². The molecule has 2 aromatic heterocycles. The Morgan fingerprint density at radius 3 is 2.49 bits per heavy atom. The van der Waals surface area contributed by atoms with Crippen molar-refractivity contribution in [2.45, 2.75) is 48.5 Å². The van der Waals surface area contributed by atoms with Crippen LogP contribution >= 0.6 is 0 Å². The van der Waals surface area contributed by atoms with Gasteiger partial charge in [-0.25, -0.2) is 14.5 Å². The fourth-order valence-corrected chi connectivity index (χ4v) is 4.17. The summed E-state index contributed by atoms with van der Waals surface area (Å²) in [6, 6.07) is 15.8. The minimum absolute atomic E-state index is 0. The SMILES string of the molecule is C.C=NN(/C=C\C)c1ccc(-c2c(C)nn3c(-c4ccccc4CC=O)cc(C)nc23)c(OC)c1.CC. The standard InChI is InChI=1S/C27H27N5O2.C2H6.CH4/c1-6-14-31(28-4)21-11-12-23(25(17-21)34-5)26-19(3)30-32-24(16-18(2)29-27(26)32)22-10-8-7-9-20(22)13-15-33;1-2;/h6-12,14-17H,4,13H2,1-3,5H3;1-2H3;1H4/b14-6-;;. The minimum Gasteiger partial charge on any atom is -0.496 e. The van der Waals surface area contributed by atoms with Crippen molar-refractivity contribution in [1.29, 1.82) is 0 Å². The third-order valence-electron chi connectivity index (χ3n) is 5.65. The smallest absolute Gasteiger partial charge is 0.164 e. The van der Waals surface area contributed by atoms with E-state index < -0.39 is 0 Å². The lowest BCUT2D eigenvalue weighted by molar-refractivity contribution is -0.107. The summed E-state index contributed by atoms with van der Waals surface area (Å²) in [6.07, 6.45) is 4.98. The van der Waals surface area contributed by atoms with Gasteiger partial charge < -0.3 is 9.53 Å². The number of carbonyl (C=O) groups is 1. The molecule has 4 aromatic rings. The van der Waals surface area contributed by atoms with Gasteiger partial charge in [0.05, 0.1) is 29.7 Å². The third kappa shape index (κ3) is 5.77. The molecule has 0 fully saturated rings. The Balaban J connectivity index is 0.00000157. The van der Waals surface area contributed by atoms with Crippen LogP contribution in [-0.4, -0.2) is 34.7 Å². The van der Waals surface area contributed by atoms with E-state index in [1.54, 1.807) is 12.1 Å². The molecule has 0 unspecified atom stereocenters. The Morgan fingerprint density at radius 2 is 1.84 bits per heavy atom. The highest BCUT2D eigenvalue weighted by atomic mass is 16.5. The fraction of sp³-hybridized carbons (Fsp3) is 0.267. The van der Waals surface area contributed by atoms with Crippen LogP contribution in [0, 0.1) is 13.8 Å². The Bertz CT molecular complexity index is 1400. The number of carbonyl (C=O) groups excluding carboxylic acids is 1. The summed E-state index contributed by atoms with van der Waals surface area (Å²) < 4.78 is 7.62. The van der Waals surface area contributed by atoms with Crippen LogP contribution in [0.3, 0.4) is 0 Å². The molecule has 0 aliphatic rings. The monoisotopic (exact) mass is 499 g/mol. The number of aryl methyl sites for hydroxylation is 2. The molecule has 194 valence electrons. The van der Waals surface area contributed by atoms with Crippen LogP contribution in [0.1, 0.15) is 45.1 Å². The Morgan fingerprint density at radius 1 is 1.11 bits per heavy atom. The van der Waals surface area contributed by atoms with E-state index >= 15 is 0 Å². The van der Waals surface area contributed by atoms with Crippen LogP contribution in [0.4, 0.5) is 5.69 Å². The molecular formula is C30H37N5O2. The summed E-state index contributed by atoms with van der Waals surface area (Å²) in [5.41, 5.74) is 7.81. The largest absolute Gasteiger partial charge is 0.496 e. The molecule has 0 saturated carbocycles. The van der Waals surface area contributed by atoms with Gasteiger partial charge in [0.2, 0.25) is 0 Å². The number of nitrogens with zero attached hydrogens (tertiary/aromatic N) is 5. The van der Waals surface area contributed by atoms with Crippen LogP contribution in [-0.2, 0) is 11.2 Å². The molecule has 0 atom stereocenters. The third-order valence-corrected chi connectivity index (χ3v) is 5.65. The van der Waals surface area contributed by atoms with Gasteiger partial charge in [0.15, 0.2) is 5.65 Å². The maximum Gasteiger partial charge on any atom is 0.164 e. The Kier molecular flexibility index (Phi) is 10.3. The molecular weight excluding hydrogens is 462 g/mol. The number of allylic oxidation sites excluding steroid dienone is 1. The molecule has 0 radical (unpaired) electrons. The Hall–Kier alpha value is -4.26. The molecule has 0 aliphatic carbocycles. The van der Waals surface area contributed by atoms with Gasteiger partial charge >= 0.3 is 0 Å². The highest BCUT2D eigenvalue weighted by molar-refractivity contribution is 5.86. The number of hydrogen-bond donors (Lipinski definition) is 0. The first-order valence-corrected chi connectivity index (χ1v) is 12.0. The van der Waals surface area contributed by atoms with Crippen LogP contribution in [0.15, 0.2) is 65.9 Å². The second-order valence-corrected chi connectivity index (χ2v) is 7.86. The number of hydrazone groups is 1. The van der Waals surface area contributed by atoms with E-state index in [-0.39, 0.29) is 7.43 Å². The highest BCUT2D eigenvalue weighted by Crippen LogP contribution is 2.39. The molecule has 37 heavy (non-hydrogen) atoms. The first kappa shape index (κ1) is 29.0. The number of fused-ring (bicyclic) bond motifs is 1. The second kappa shape index (κ2) is 13.2. The molecule has 7 nitrogen and oxygen atoms in total. The zero-order valence-electron chi connectivity index (χ0n) is 21.8. The molecule has 0 saturated heterocycles. The number of benzene rings is 2. The van der Waals surface area contributed by atoms with Crippen molar-refractivity contribution in [3.8, 4) is 28.1 Å². The van der Waals surface area contributed by atoms with E-state index in [0.717, 1.165) is 57.0 Å². The zero-order valence-corrected chi connectivity index (χ0v) is 21.8. The second-order valence-electron chi connectivity index (χ2n) is 7.86. The number of aldehydes is 1. The lowest BCUT2D eigenvalue weighted by Gasteiger charge is -2.16. The van der Waals surface area contributed by atoms with Gasteiger partial charge in [0.1, 0.15) is 12.0 Å². The van der Waals surface area contributed by atoms with Crippen molar-refractivity contribution in [3.63, 3.8) is 0 Å². The zero-order chi connectivity index (χ0) is 26.2. The van der Waals surface area contributed by atoms with Crippen molar-refractivity contribution in [2.24, 2.45) is 5.10 Å². The summed E-state index contributed by atoms with van der Waals surface area (Å²) in [6.45, 7) is 13.5. The molecule has 4 rings (SSSR count). The molecule has 2 heterocycles. The van der Waals surface area contributed by atoms with Crippen molar-refractivity contribution in [3.05, 3.63) is 77.8 Å². The van der Waals surface area contributed by atoms with E-state index in [4.69, 9.17) is 14.8 Å². The van der Waals surface area contributed by atoms with Gasteiger partial charge in [-0.3, -0.25) is 0 Å². The van der Waals surface area contributed by atoms with Crippen LogP contribution in [0.5, 0.6) is 5.75 Å². The van der Waals surface area contributed by atoms with E-state index in [2.05, 4.69) is 11.8 Å². The normalized spacial score (nSPS) is 10.4. The number of anilines is 1. The molecule has 0 bridgehead atoms. The first-order chi connectivity index (χ1) is 17.5. The first-order valence-electron chi connectivity index (χ1n) is 12.0. The van der Waals surface area contributed by atoms with Crippen LogP contribution in [0.25, 0.3) is 28.0 Å². The summed E-state index contributed by atoms with van der Waals surface area (Å²) in [4.78, 5) is 16.1.